The number of rotatable bonds is 17. The molecule has 2 aliphatic heterocycles. The summed E-state index contributed by atoms with van der Waals surface area (Å²) in [4.78, 5) is 67.2. The van der Waals surface area contributed by atoms with E-state index in [4.69, 9.17) is 25.8 Å². The number of halogens is 1. The van der Waals surface area contributed by atoms with E-state index in [9.17, 15) is 29.3 Å². The van der Waals surface area contributed by atoms with Crippen molar-refractivity contribution in [2.45, 2.75) is 46.4 Å². The molecule has 2 aliphatic rings. The van der Waals surface area contributed by atoms with Crippen LogP contribution in [-0.2, 0) is 27.5 Å². The Morgan fingerprint density at radius 2 is 1.52 bits per heavy atom. The summed E-state index contributed by atoms with van der Waals surface area (Å²) in [5.74, 6) is -2.30. The van der Waals surface area contributed by atoms with Crippen molar-refractivity contribution < 1.29 is 38.3 Å². The quantitative estimate of drug-likeness (QED) is 0.0288. The number of esters is 2. The molecule has 2 amide bonds. The van der Waals surface area contributed by atoms with Crippen LogP contribution in [-0.4, -0.2) is 71.2 Å². The fourth-order valence-corrected chi connectivity index (χ4v) is 7.68. The van der Waals surface area contributed by atoms with E-state index in [1.807, 2.05) is 93.4 Å². The van der Waals surface area contributed by atoms with Crippen molar-refractivity contribution in [2.24, 2.45) is 17.8 Å². The topological polar surface area (TPSA) is 158 Å². The minimum Gasteiger partial charge on any atom is -0.485 e. The number of β-lactam (4-membered cyclic amide) rings is 1. The molecule has 1 fully saturated rings. The van der Waals surface area contributed by atoms with Gasteiger partial charge >= 0.3 is 11.9 Å². The van der Waals surface area contributed by atoms with Crippen molar-refractivity contribution in [1.29, 1.82) is 0 Å². The zero-order chi connectivity index (χ0) is 41.5. The van der Waals surface area contributed by atoms with Gasteiger partial charge in [0.05, 0.1) is 33.0 Å². The number of nitrogens with one attached hydrogen (secondary N) is 1. The Bertz CT molecular complexity index is 2200. The van der Waals surface area contributed by atoms with E-state index in [0.29, 0.717) is 37.4 Å². The van der Waals surface area contributed by atoms with Gasteiger partial charge < -0.3 is 29.3 Å². The number of benzene rings is 4. The lowest BCUT2D eigenvalue weighted by Gasteiger charge is -2.47. The van der Waals surface area contributed by atoms with Gasteiger partial charge in [-0.25, -0.2) is 9.59 Å². The van der Waals surface area contributed by atoms with Crippen LogP contribution < -0.4 is 14.8 Å². The van der Waals surface area contributed by atoms with Crippen LogP contribution in [0.1, 0.15) is 59.0 Å². The summed E-state index contributed by atoms with van der Waals surface area (Å²) in [6.45, 7) is 7.50. The number of likely N-dealkylation sites (N-methyl/N-ethyl adjacent to an activating group) is 1. The number of hydrogen-bond acceptors (Lipinski definition) is 10. The standard InChI is InChI=1S/C44H45ClN4O9/c1-27(2)36-38-28(3)34(39(48(38)42(36)51)44(53)58-43(52)31-16-18-32(19-17-31)49(54)55)24-47(4)23-11-22-46-41(50)33-20-21-35(56-25-29-12-7-5-8-13-29)40(37(33)45)57-26-30-14-9-6-10-15-30/h5-10,12-21,27-28,36,38H,11,22-26H2,1-4H3,(H,46,50)/t28-,36+,38+/m0/s1. The number of nitro benzene ring substituents is 1. The molecule has 3 atom stereocenters. The third-order valence-corrected chi connectivity index (χ3v) is 10.8. The number of carbonyl (C=O) groups is 4. The van der Waals surface area contributed by atoms with E-state index >= 15 is 0 Å². The normalized spacial score (nSPS) is 17.2. The predicted octanol–water partition coefficient (Wildman–Crippen LogP) is 7.23. The van der Waals surface area contributed by atoms with Gasteiger partial charge in [-0.3, -0.25) is 19.7 Å². The Hall–Kier alpha value is -6.05. The maximum atomic E-state index is 13.6. The molecule has 0 aliphatic carbocycles. The highest BCUT2D eigenvalue weighted by atomic mass is 35.5. The van der Waals surface area contributed by atoms with Crippen molar-refractivity contribution >= 4 is 41.0 Å². The van der Waals surface area contributed by atoms with E-state index in [-0.39, 0.29) is 82.1 Å². The van der Waals surface area contributed by atoms with Crippen LogP contribution in [0.25, 0.3) is 0 Å². The van der Waals surface area contributed by atoms with Crippen molar-refractivity contribution in [3.05, 3.63) is 146 Å². The van der Waals surface area contributed by atoms with Crippen molar-refractivity contribution in [1.82, 2.24) is 15.1 Å². The van der Waals surface area contributed by atoms with E-state index in [2.05, 4.69) is 5.32 Å². The van der Waals surface area contributed by atoms with Crippen molar-refractivity contribution in [2.75, 3.05) is 26.7 Å². The van der Waals surface area contributed by atoms with Crippen LogP contribution in [0.2, 0.25) is 5.02 Å². The molecule has 0 radical (unpaired) electrons. The molecule has 0 saturated carbocycles. The number of ether oxygens (including phenoxy) is 3. The Morgan fingerprint density at radius 1 is 0.897 bits per heavy atom. The van der Waals surface area contributed by atoms with E-state index in [1.165, 1.54) is 17.0 Å². The number of non-ortho nitro benzene ring substituents is 1. The van der Waals surface area contributed by atoms with Gasteiger partial charge in [0.2, 0.25) is 5.91 Å². The maximum Gasteiger partial charge on any atom is 0.362 e. The first-order valence-corrected chi connectivity index (χ1v) is 19.4. The molecule has 0 aromatic heterocycles. The summed E-state index contributed by atoms with van der Waals surface area (Å²) < 4.78 is 17.5. The predicted molar refractivity (Wildman–Crippen MR) is 216 cm³/mol. The summed E-state index contributed by atoms with van der Waals surface area (Å²) in [6.07, 6.45) is 0.538. The monoisotopic (exact) mass is 808 g/mol. The fraction of sp³-hybridized carbons (Fsp3) is 0.318. The number of fused-ring (bicyclic) bond motifs is 1. The molecule has 4 aromatic carbocycles. The first kappa shape index (κ1) is 41.6. The molecule has 302 valence electrons. The van der Waals surface area contributed by atoms with Crippen LogP contribution >= 0.6 is 11.6 Å². The molecule has 14 heteroatoms. The fourth-order valence-electron chi connectivity index (χ4n) is 7.38. The lowest BCUT2D eigenvalue weighted by molar-refractivity contribution is -0.384. The molecule has 0 spiro atoms. The number of nitrogens with zero attached hydrogens (tertiary/aromatic N) is 3. The zero-order valence-electron chi connectivity index (χ0n) is 32.7. The van der Waals surface area contributed by atoms with Crippen LogP contribution in [0, 0.1) is 27.9 Å². The highest BCUT2D eigenvalue weighted by molar-refractivity contribution is 6.35. The van der Waals surface area contributed by atoms with Crippen LogP contribution in [0.3, 0.4) is 0 Å². The van der Waals surface area contributed by atoms with Gasteiger partial charge in [-0.1, -0.05) is 93.0 Å². The second-order valence-electron chi connectivity index (χ2n) is 14.8. The van der Waals surface area contributed by atoms with Crippen LogP contribution in [0.5, 0.6) is 11.5 Å². The molecule has 0 unspecified atom stereocenters. The molecule has 1 N–H and O–H groups in total. The van der Waals surface area contributed by atoms with Gasteiger partial charge in [0.15, 0.2) is 11.5 Å². The van der Waals surface area contributed by atoms with Gasteiger partial charge in [-0.2, -0.15) is 0 Å². The van der Waals surface area contributed by atoms with Crippen molar-refractivity contribution in [3.63, 3.8) is 0 Å². The third-order valence-electron chi connectivity index (χ3n) is 10.4. The minimum absolute atomic E-state index is 0.0360. The number of carbonyl (C=O) groups excluding carboxylic acids is 4. The Labute approximate surface area is 341 Å². The molecular formula is C44H45ClN4O9. The zero-order valence-corrected chi connectivity index (χ0v) is 33.4. The van der Waals surface area contributed by atoms with E-state index in [1.54, 1.807) is 12.1 Å². The second-order valence-corrected chi connectivity index (χ2v) is 15.1. The number of hydrogen-bond donors (Lipinski definition) is 1. The number of amides is 2. The summed E-state index contributed by atoms with van der Waals surface area (Å²) >= 11 is 6.83. The Morgan fingerprint density at radius 3 is 2.12 bits per heavy atom. The Kier molecular flexibility index (Phi) is 13.2. The SMILES string of the molecule is CC(C)[C@H]1C(=O)N2C(C(=O)OC(=O)c3ccc([N+](=O)[O-])cc3)=C(CN(C)CCCNC(=O)c3ccc(OCc4ccccc4)c(OCc4ccccc4)c3Cl)[C@H](C)[C@H]12. The molecule has 2 heterocycles. The lowest BCUT2D eigenvalue weighted by atomic mass is 9.74. The molecule has 0 bridgehead atoms. The Balaban J connectivity index is 1.10. The smallest absolute Gasteiger partial charge is 0.362 e. The summed E-state index contributed by atoms with van der Waals surface area (Å²) in [5.41, 5.74) is 2.57. The average Bonchev–Trinajstić information content (AvgIpc) is 3.45. The largest absolute Gasteiger partial charge is 0.485 e. The first-order valence-electron chi connectivity index (χ1n) is 19.1. The van der Waals surface area contributed by atoms with Gasteiger partial charge in [0.1, 0.15) is 18.9 Å². The summed E-state index contributed by atoms with van der Waals surface area (Å²) in [5, 5.41) is 14.1. The maximum absolute atomic E-state index is 13.6. The van der Waals surface area contributed by atoms with Crippen LogP contribution in [0.4, 0.5) is 5.69 Å². The minimum atomic E-state index is -0.982. The van der Waals surface area contributed by atoms with Gasteiger partial charge in [0.25, 0.3) is 11.6 Å². The van der Waals surface area contributed by atoms with E-state index in [0.717, 1.165) is 23.3 Å². The summed E-state index contributed by atoms with van der Waals surface area (Å²) in [6, 6.07) is 27.0. The highest BCUT2D eigenvalue weighted by Gasteiger charge is 2.59. The van der Waals surface area contributed by atoms with Gasteiger partial charge in [0, 0.05) is 31.1 Å². The second kappa shape index (κ2) is 18.5. The van der Waals surface area contributed by atoms with Gasteiger partial charge in [-0.05, 0) is 66.9 Å². The van der Waals surface area contributed by atoms with E-state index < -0.39 is 16.9 Å². The number of nitro groups is 1. The first-order chi connectivity index (χ1) is 27.8. The third kappa shape index (κ3) is 9.22. The highest BCUT2D eigenvalue weighted by Crippen LogP contribution is 2.49. The van der Waals surface area contributed by atoms with Gasteiger partial charge in [-0.15, -0.1) is 0 Å². The van der Waals surface area contributed by atoms with Crippen molar-refractivity contribution in [3.8, 4) is 11.5 Å². The van der Waals surface area contributed by atoms with Crippen LogP contribution in [0.15, 0.2) is 108 Å². The molecule has 13 nitrogen and oxygen atoms in total. The average molecular weight is 809 g/mol. The lowest BCUT2D eigenvalue weighted by Crippen LogP contribution is -2.62. The molecule has 4 aromatic rings. The molecular weight excluding hydrogens is 764 g/mol. The molecule has 6 rings (SSSR count). The summed E-state index contributed by atoms with van der Waals surface area (Å²) in [7, 11) is 1.87. The molecule has 58 heavy (non-hydrogen) atoms. The molecule has 1 saturated heterocycles.